The maximum absolute atomic E-state index is 4.73. The van der Waals surface area contributed by atoms with E-state index in [1.807, 2.05) is 97.5 Å². The summed E-state index contributed by atoms with van der Waals surface area (Å²) < 4.78 is 6.35. The van der Waals surface area contributed by atoms with Crippen LogP contribution in [0.5, 0.6) is 0 Å². The molecule has 48 heavy (non-hydrogen) atoms. The van der Waals surface area contributed by atoms with Gasteiger partial charge in [0.1, 0.15) is 0 Å². The van der Waals surface area contributed by atoms with Crippen LogP contribution in [-0.2, 0) is 12.8 Å². The summed E-state index contributed by atoms with van der Waals surface area (Å²) in [5.41, 5.74) is 6.46. The standard InChI is InChI=1S/2C18H16N4S.C2H6/c1-3-14-5-4-6-17(21-14)22-18(12(2)10-20-22)16-9-13-11-19-8-7-15(13)23-16;1-3-14-10-15(17-9-13-11-19-8-7-16(13)23-17)22(21-14)18-6-4-5-12(2)20-18;1-2/h2*4-11H,3H2,1-2H3;1-2H3. The van der Waals surface area contributed by atoms with E-state index in [-0.39, 0.29) is 0 Å². The molecule has 10 heteroatoms. The van der Waals surface area contributed by atoms with Crippen molar-refractivity contribution in [1.82, 2.24) is 39.5 Å². The van der Waals surface area contributed by atoms with Gasteiger partial charge in [-0.3, -0.25) is 9.97 Å². The summed E-state index contributed by atoms with van der Waals surface area (Å²) in [6.45, 7) is 12.3. The average molecular weight is 671 g/mol. The molecule has 8 aromatic rings. The first-order valence-electron chi connectivity index (χ1n) is 16.2. The number of nitrogens with zero attached hydrogens (tertiary/aromatic N) is 8. The molecule has 8 aromatic heterocycles. The van der Waals surface area contributed by atoms with Crippen LogP contribution in [-0.4, -0.2) is 39.5 Å². The summed E-state index contributed by atoms with van der Waals surface area (Å²) in [5.74, 6) is 1.72. The molecule has 0 aliphatic heterocycles. The molecule has 8 heterocycles. The van der Waals surface area contributed by atoms with Crippen molar-refractivity contribution in [3.63, 3.8) is 0 Å². The predicted molar refractivity (Wildman–Crippen MR) is 200 cm³/mol. The van der Waals surface area contributed by atoms with Gasteiger partial charge in [0.05, 0.1) is 33.0 Å². The fourth-order valence-corrected chi connectivity index (χ4v) is 7.45. The Bertz CT molecular complexity index is 2230. The van der Waals surface area contributed by atoms with E-state index >= 15 is 0 Å². The van der Waals surface area contributed by atoms with E-state index in [9.17, 15) is 0 Å². The van der Waals surface area contributed by atoms with Crippen LogP contribution >= 0.6 is 22.7 Å². The molecule has 0 amide bonds. The number of pyridine rings is 4. The summed E-state index contributed by atoms with van der Waals surface area (Å²) in [4.78, 5) is 20.1. The minimum absolute atomic E-state index is 0.857. The topological polar surface area (TPSA) is 87.2 Å². The van der Waals surface area contributed by atoms with Crippen molar-refractivity contribution in [2.24, 2.45) is 0 Å². The van der Waals surface area contributed by atoms with Crippen molar-refractivity contribution in [3.8, 4) is 32.8 Å². The molecule has 0 radical (unpaired) electrons. The highest BCUT2D eigenvalue weighted by atomic mass is 32.1. The average Bonchev–Trinajstić information content (AvgIpc) is 3.93. The third-order valence-electron chi connectivity index (χ3n) is 7.66. The first-order valence-corrected chi connectivity index (χ1v) is 17.9. The molecule has 0 aromatic carbocycles. The van der Waals surface area contributed by atoms with Gasteiger partial charge in [0.2, 0.25) is 0 Å². The van der Waals surface area contributed by atoms with E-state index in [0.717, 1.165) is 69.3 Å². The normalized spacial score (nSPS) is 10.9. The second-order valence-corrected chi connectivity index (χ2v) is 13.1. The van der Waals surface area contributed by atoms with Crippen LogP contribution in [0, 0.1) is 13.8 Å². The fraction of sp³-hybridized carbons (Fsp3) is 0.211. The van der Waals surface area contributed by atoms with Gasteiger partial charge in [-0.1, -0.05) is 39.8 Å². The number of thiophene rings is 2. The minimum Gasteiger partial charge on any atom is -0.264 e. The molecule has 0 saturated carbocycles. The van der Waals surface area contributed by atoms with Crippen LogP contribution < -0.4 is 0 Å². The number of hydrogen-bond donors (Lipinski definition) is 0. The van der Waals surface area contributed by atoms with Gasteiger partial charge in [-0.05, 0) is 86.8 Å². The van der Waals surface area contributed by atoms with E-state index in [2.05, 4.69) is 71.2 Å². The van der Waals surface area contributed by atoms with Crippen LogP contribution in [0.15, 0.2) is 97.7 Å². The van der Waals surface area contributed by atoms with Gasteiger partial charge in [0, 0.05) is 56.3 Å². The van der Waals surface area contributed by atoms with Gasteiger partial charge in [0.25, 0.3) is 0 Å². The Hall–Kier alpha value is -5.06. The molecule has 242 valence electrons. The summed E-state index contributed by atoms with van der Waals surface area (Å²) in [5, 5.41) is 11.6. The highest BCUT2D eigenvalue weighted by molar-refractivity contribution is 7.22. The number of aromatic nitrogens is 8. The van der Waals surface area contributed by atoms with E-state index in [0.29, 0.717) is 0 Å². The monoisotopic (exact) mass is 670 g/mol. The SMILES string of the molecule is CC.CCc1cc(-c2cc3cnccc3s2)n(-c2cccc(C)n2)n1.CCc1cccc(-n2ncc(C)c2-c2cc3cnccc3s2)n1. The molecule has 0 fully saturated rings. The number of rotatable bonds is 6. The highest BCUT2D eigenvalue weighted by Crippen LogP contribution is 2.36. The Morgan fingerprint density at radius 2 is 1.27 bits per heavy atom. The largest absolute Gasteiger partial charge is 0.264 e. The second kappa shape index (κ2) is 14.8. The smallest absolute Gasteiger partial charge is 0.154 e. The van der Waals surface area contributed by atoms with Gasteiger partial charge in [-0.15, -0.1) is 22.7 Å². The van der Waals surface area contributed by atoms with Gasteiger partial charge in [-0.25, -0.2) is 19.3 Å². The summed E-state index contributed by atoms with van der Waals surface area (Å²) >= 11 is 3.52. The summed E-state index contributed by atoms with van der Waals surface area (Å²) in [6, 6.07) is 22.7. The predicted octanol–water partition coefficient (Wildman–Crippen LogP) is 9.86. The van der Waals surface area contributed by atoms with Crippen molar-refractivity contribution in [2.45, 2.75) is 54.4 Å². The zero-order valence-electron chi connectivity index (χ0n) is 28.0. The van der Waals surface area contributed by atoms with Crippen molar-refractivity contribution in [1.29, 1.82) is 0 Å². The maximum Gasteiger partial charge on any atom is 0.154 e. The van der Waals surface area contributed by atoms with Crippen LogP contribution in [0.1, 0.15) is 50.3 Å². The molecule has 0 saturated heterocycles. The third kappa shape index (κ3) is 6.81. The summed E-state index contributed by atoms with van der Waals surface area (Å²) in [6.07, 6.45) is 11.2. The van der Waals surface area contributed by atoms with E-state index in [4.69, 9.17) is 10.1 Å². The lowest BCUT2D eigenvalue weighted by Crippen LogP contribution is -2.03. The molecular formula is C38H38N8S2. The first-order chi connectivity index (χ1) is 23.5. The zero-order chi connectivity index (χ0) is 33.6. The van der Waals surface area contributed by atoms with E-state index in [1.54, 1.807) is 22.7 Å². The van der Waals surface area contributed by atoms with Crippen LogP contribution in [0.4, 0.5) is 0 Å². The zero-order valence-corrected chi connectivity index (χ0v) is 29.7. The molecule has 0 bridgehead atoms. The third-order valence-corrected chi connectivity index (χ3v) is 9.92. The molecular weight excluding hydrogens is 633 g/mol. The van der Waals surface area contributed by atoms with Crippen molar-refractivity contribution in [2.75, 3.05) is 0 Å². The van der Waals surface area contributed by atoms with Crippen LogP contribution in [0.2, 0.25) is 0 Å². The first kappa shape index (κ1) is 32.9. The quantitative estimate of drug-likeness (QED) is 0.175. The number of hydrogen-bond acceptors (Lipinski definition) is 8. The lowest BCUT2D eigenvalue weighted by Gasteiger charge is -2.07. The maximum atomic E-state index is 4.73. The Balaban J connectivity index is 0.000000159. The lowest BCUT2D eigenvalue weighted by atomic mass is 10.2. The van der Waals surface area contributed by atoms with Gasteiger partial charge in [0.15, 0.2) is 11.6 Å². The van der Waals surface area contributed by atoms with Gasteiger partial charge >= 0.3 is 0 Å². The Morgan fingerprint density at radius 3 is 1.92 bits per heavy atom. The molecule has 0 aliphatic rings. The Kier molecular flexibility index (Phi) is 10.1. The molecule has 0 N–H and O–H groups in total. The molecule has 0 aliphatic carbocycles. The van der Waals surface area contributed by atoms with E-state index in [1.165, 1.54) is 19.2 Å². The van der Waals surface area contributed by atoms with Crippen LogP contribution in [0.3, 0.4) is 0 Å². The molecule has 0 spiro atoms. The molecule has 8 nitrogen and oxygen atoms in total. The van der Waals surface area contributed by atoms with Crippen molar-refractivity contribution >= 4 is 42.8 Å². The minimum atomic E-state index is 0.857. The van der Waals surface area contributed by atoms with Crippen molar-refractivity contribution < 1.29 is 0 Å². The summed E-state index contributed by atoms with van der Waals surface area (Å²) in [7, 11) is 0. The Morgan fingerprint density at radius 1 is 0.646 bits per heavy atom. The number of aryl methyl sites for hydroxylation is 4. The number of fused-ring (bicyclic) bond motifs is 2. The Labute approximate surface area is 288 Å². The van der Waals surface area contributed by atoms with Crippen LogP contribution in [0.25, 0.3) is 53.0 Å². The van der Waals surface area contributed by atoms with Crippen molar-refractivity contribution in [3.05, 3.63) is 120 Å². The van der Waals surface area contributed by atoms with Gasteiger partial charge < -0.3 is 0 Å². The van der Waals surface area contributed by atoms with Gasteiger partial charge in [-0.2, -0.15) is 10.2 Å². The second-order valence-electron chi connectivity index (χ2n) is 10.9. The molecule has 8 rings (SSSR count). The highest BCUT2D eigenvalue weighted by Gasteiger charge is 2.16. The molecule has 0 atom stereocenters. The molecule has 0 unspecified atom stereocenters. The fourth-order valence-electron chi connectivity index (χ4n) is 5.30. The van der Waals surface area contributed by atoms with E-state index < -0.39 is 0 Å². The lowest BCUT2D eigenvalue weighted by molar-refractivity contribution is 0.818.